The quantitative estimate of drug-likeness (QED) is 0.652. The molecule has 0 spiro atoms. The molecule has 5 heterocycles. The Balaban J connectivity index is 1.46. The number of fused-ring (bicyclic) bond motifs is 1. The number of amides is 1. The second-order valence-corrected chi connectivity index (χ2v) is 8.37. The normalized spacial score (nSPS) is 19.0. The third-order valence-electron chi connectivity index (χ3n) is 6.25. The van der Waals surface area contributed by atoms with E-state index in [9.17, 15) is 4.79 Å². The van der Waals surface area contributed by atoms with Crippen LogP contribution in [0.5, 0.6) is 0 Å². The van der Waals surface area contributed by atoms with E-state index < -0.39 is 0 Å². The molecule has 2 aliphatic rings. The number of nitrogens with zero attached hydrogens (tertiary/aromatic N) is 7. The molecular weight excluding hydrogens is 390 g/mol. The van der Waals surface area contributed by atoms with Crippen molar-refractivity contribution in [2.75, 3.05) is 24.5 Å². The molecule has 1 amide bonds. The van der Waals surface area contributed by atoms with Gasteiger partial charge in [0.2, 0.25) is 0 Å². The number of aromatic nitrogens is 4. The molecule has 8 heteroatoms. The van der Waals surface area contributed by atoms with Crippen molar-refractivity contribution < 1.29 is 4.79 Å². The van der Waals surface area contributed by atoms with Crippen molar-refractivity contribution in [1.29, 1.82) is 5.26 Å². The Morgan fingerprint density at radius 1 is 1.16 bits per heavy atom. The Labute approximate surface area is 181 Å². The van der Waals surface area contributed by atoms with Crippen LogP contribution in [0.1, 0.15) is 65.5 Å². The van der Waals surface area contributed by atoms with Gasteiger partial charge in [0.25, 0.3) is 5.91 Å². The number of carbonyl (C=O) groups is 1. The highest BCUT2D eigenvalue weighted by molar-refractivity contribution is 5.92. The van der Waals surface area contributed by atoms with Gasteiger partial charge in [-0.1, -0.05) is 0 Å². The molecule has 2 saturated heterocycles. The number of carbonyl (C=O) groups excluding carboxylic acids is 1. The summed E-state index contributed by atoms with van der Waals surface area (Å²) >= 11 is 0. The number of hydrogen-bond donors (Lipinski definition) is 0. The lowest BCUT2D eigenvalue weighted by Crippen LogP contribution is -2.39. The van der Waals surface area contributed by atoms with Crippen LogP contribution in [0.3, 0.4) is 0 Å². The minimum absolute atomic E-state index is 0.101. The Kier molecular flexibility index (Phi) is 5.02. The summed E-state index contributed by atoms with van der Waals surface area (Å²) in [4.78, 5) is 26.5. The molecule has 2 fully saturated rings. The number of piperidine rings is 1. The molecule has 5 rings (SSSR count). The van der Waals surface area contributed by atoms with Crippen molar-refractivity contribution in [2.24, 2.45) is 0 Å². The van der Waals surface area contributed by atoms with Gasteiger partial charge in [0.15, 0.2) is 5.65 Å². The van der Waals surface area contributed by atoms with Crippen LogP contribution < -0.4 is 4.90 Å². The number of hydrogen-bond acceptors (Lipinski definition) is 6. The molecule has 0 radical (unpaired) electrons. The standard InChI is InChI=1S/C23H25N7O/c1-16-15-30-21(26-22(16)28-9-4-5-10-28)12-19(27-30)20-6-2-3-11-29(20)23(31)18-8-7-17(13-24)14-25-18/h7-8,12,14-15,20H,2-6,9-11H2,1H3. The van der Waals surface area contributed by atoms with Gasteiger partial charge in [-0.05, 0) is 51.2 Å². The summed E-state index contributed by atoms with van der Waals surface area (Å²) in [7, 11) is 0. The highest BCUT2D eigenvalue weighted by Gasteiger charge is 2.31. The first-order chi connectivity index (χ1) is 15.1. The first-order valence-corrected chi connectivity index (χ1v) is 10.9. The fourth-order valence-electron chi connectivity index (χ4n) is 4.65. The first kappa shape index (κ1) is 19.5. The van der Waals surface area contributed by atoms with E-state index in [0.29, 0.717) is 17.8 Å². The minimum atomic E-state index is -0.117. The third kappa shape index (κ3) is 3.61. The van der Waals surface area contributed by atoms with Crippen LogP contribution in [0, 0.1) is 18.3 Å². The number of aryl methyl sites for hydroxylation is 1. The lowest BCUT2D eigenvalue weighted by molar-refractivity contribution is 0.0599. The molecule has 3 aromatic heterocycles. The molecule has 158 valence electrons. The zero-order valence-corrected chi connectivity index (χ0v) is 17.7. The number of anilines is 1. The summed E-state index contributed by atoms with van der Waals surface area (Å²) in [6.07, 6.45) is 8.78. The van der Waals surface area contributed by atoms with E-state index in [0.717, 1.165) is 55.1 Å². The topological polar surface area (TPSA) is 90.4 Å². The van der Waals surface area contributed by atoms with Crippen molar-refractivity contribution in [1.82, 2.24) is 24.5 Å². The SMILES string of the molecule is Cc1cn2nc(C3CCCCN3C(=O)c3ccc(C#N)cn3)cc2nc1N1CCCC1. The summed E-state index contributed by atoms with van der Waals surface area (Å²) in [5, 5.41) is 13.8. The second kappa shape index (κ2) is 7.99. The lowest BCUT2D eigenvalue weighted by atomic mass is 9.99. The fraction of sp³-hybridized carbons (Fsp3) is 0.435. The number of pyridine rings is 1. The maximum absolute atomic E-state index is 13.2. The molecule has 0 bridgehead atoms. The monoisotopic (exact) mass is 415 g/mol. The van der Waals surface area contributed by atoms with Gasteiger partial charge in [0.1, 0.15) is 17.6 Å². The van der Waals surface area contributed by atoms with Crippen LogP contribution in [0.25, 0.3) is 5.65 Å². The molecule has 3 aromatic rings. The number of rotatable bonds is 3. The van der Waals surface area contributed by atoms with Crippen LogP contribution in [-0.2, 0) is 0 Å². The van der Waals surface area contributed by atoms with Crippen molar-refractivity contribution in [2.45, 2.75) is 45.1 Å². The maximum atomic E-state index is 13.2. The summed E-state index contributed by atoms with van der Waals surface area (Å²) in [5.74, 6) is 0.919. The summed E-state index contributed by atoms with van der Waals surface area (Å²) in [6, 6.07) is 7.22. The van der Waals surface area contributed by atoms with Gasteiger partial charge in [0, 0.05) is 43.7 Å². The second-order valence-electron chi connectivity index (χ2n) is 8.37. The molecule has 0 aliphatic carbocycles. The van der Waals surface area contributed by atoms with Gasteiger partial charge in [-0.25, -0.2) is 14.5 Å². The highest BCUT2D eigenvalue weighted by atomic mass is 16.2. The average molecular weight is 416 g/mol. The van der Waals surface area contributed by atoms with E-state index in [1.54, 1.807) is 12.1 Å². The van der Waals surface area contributed by atoms with Crippen LogP contribution in [0.4, 0.5) is 5.82 Å². The Hall–Kier alpha value is -3.47. The van der Waals surface area contributed by atoms with E-state index in [1.165, 1.54) is 19.0 Å². The molecule has 31 heavy (non-hydrogen) atoms. The van der Waals surface area contributed by atoms with Gasteiger partial charge >= 0.3 is 0 Å². The smallest absolute Gasteiger partial charge is 0.273 e. The van der Waals surface area contributed by atoms with Crippen LogP contribution in [0.15, 0.2) is 30.6 Å². The van der Waals surface area contributed by atoms with Gasteiger partial charge < -0.3 is 9.80 Å². The Morgan fingerprint density at radius 2 is 1.97 bits per heavy atom. The predicted octanol–water partition coefficient (Wildman–Crippen LogP) is 3.27. The Morgan fingerprint density at radius 3 is 2.71 bits per heavy atom. The van der Waals surface area contributed by atoms with Crippen LogP contribution in [-0.4, -0.2) is 50.0 Å². The molecule has 0 N–H and O–H groups in total. The summed E-state index contributed by atoms with van der Waals surface area (Å²) < 4.78 is 1.83. The zero-order valence-electron chi connectivity index (χ0n) is 17.7. The summed E-state index contributed by atoms with van der Waals surface area (Å²) in [6.45, 7) is 4.85. The molecule has 0 saturated carbocycles. The molecule has 0 aromatic carbocycles. The predicted molar refractivity (Wildman–Crippen MR) is 116 cm³/mol. The van der Waals surface area contributed by atoms with E-state index in [2.05, 4.69) is 16.8 Å². The highest BCUT2D eigenvalue weighted by Crippen LogP contribution is 2.32. The van der Waals surface area contributed by atoms with Gasteiger partial charge in [0.05, 0.1) is 17.3 Å². The zero-order chi connectivity index (χ0) is 21.4. The molecule has 2 aliphatic heterocycles. The first-order valence-electron chi connectivity index (χ1n) is 10.9. The van der Waals surface area contributed by atoms with Crippen molar-refractivity contribution >= 4 is 17.4 Å². The van der Waals surface area contributed by atoms with E-state index >= 15 is 0 Å². The lowest BCUT2D eigenvalue weighted by Gasteiger charge is -2.34. The fourth-order valence-corrected chi connectivity index (χ4v) is 4.65. The van der Waals surface area contributed by atoms with Gasteiger partial charge in [-0.2, -0.15) is 10.4 Å². The Bertz CT molecular complexity index is 1160. The van der Waals surface area contributed by atoms with Gasteiger partial charge in [-0.3, -0.25) is 4.79 Å². The maximum Gasteiger partial charge on any atom is 0.273 e. The van der Waals surface area contributed by atoms with Crippen LogP contribution in [0.2, 0.25) is 0 Å². The van der Waals surface area contributed by atoms with Crippen molar-refractivity contribution in [3.63, 3.8) is 0 Å². The number of nitriles is 1. The van der Waals surface area contributed by atoms with E-state index in [-0.39, 0.29) is 11.9 Å². The summed E-state index contributed by atoms with van der Waals surface area (Å²) in [5.41, 5.74) is 3.61. The van der Waals surface area contributed by atoms with Crippen molar-refractivity contribution in [3.8, 4) is 6.07 Å². The van der Waals surface area contributed by atoms with E-state index in [4.69, 9.17) is 15.3 Å². The minimum Gasteiger partial charge on any atom is -0.356 e. The van der Waals surface area contributed by atoms with Crippen LogP contribution >= 0.6 is 0 Å². The van der Waals surface area contributed by atoms with Crippen molar-refractivity contribution in [3.05, 3.63) is 53.1 Å². The van der Waals surface area contributed by atoms with E-state index in [1.807, 2.05) is 27.7 Å². The average Bonchev–Trinajstić information content (AvgIpc) is 3.48. The van der Waals surface area contributed by atoms with Gasteiger partial charge in [-0.15, -0.1) is 0 Å². The molecule has 1 unspecified atom stereocenters. The third-order valence-corrected chi connectivity index (χ3v) is 6.25. The number of likely N-dealkylation sites (tertiary alicyclic amines) is 1. The molecule has 1 atom stereocenters. The largest absolute Gasteiger partial charge is 0.356 e. The molecule has 8 nitrogen and oxygen atoms in total. The molecular formula is C23H25N7O.